The second-order valence-corrected chi connectivity index (χ2v) is 6.64. The molecule has 0 saturated carbocycles. The molecule has 5 nitrogen and oxygen atoms in total. The molecular formula is C10H15FN2O3S. The molecule has 2 rings (SSSR count). The monoisotopic (exact) mass is 262 g/mol. The third kappa shape index (κ3) is 3.18. The molecule has 0 spiro atoms. The SMILES string of the molecule is O=C(N[C@H]1CCS(=O)(=O)C1)N1CCC=C(F)C1. The van der Waals surface area contributed by atoms with E-state index in [1.807, 2.05) is 0 Å². The van der Waals surface area contributed by atoms with Crippen LogP contribution in [0.4, 0.5) is 9.18 Å². The smallest absolute Gasteiger partial charge is 0.318 e. The van der Waals surface area contributed by atoms with Crippen LogP contribution in [0.25, 0.3) is 0 Å². The fourth-order valence-corrected chi connectivity index (χ4v) is 3.72. The van der Waals surface area contributed by atoms with E-state index in [4.69, 9.17) is 0 Å². The number of amides is 2. The molecule has 0 radical (unpaired) electrons. The molecule has 1 saturated heterocycles. The average Bonchev–Trinajstić information content (AvgIpc) is 2.58. The van der Waals surface area contributed by atoms with E-state index in [9.17, 15) is 17.6 Å². The molecule has 2 aliphatic heterocycles. The lowest BCUT2D eigenvalue weighted by molar-refractivity contribution is 0.193. The Balaban J connectivity index is 1.88. The predicted molar refractivity (Wildman–Crippen MR) is 61.0 cm³/mol. The fraction of sp³-hybridized carbons (Fsp3) is 0.700. The van der Waals surface area contributed by atoms with E-state index in [1.54, 1.807) is 0 Å². The number of halogens is 1. The standard InChI is InChI=1S/C10H15FN2O3S/c11-8-2-1-4-13(6-8)10(14)12-9-3-5-17(15,16)7-9/h2,9H,1,3-7H2,(H,12,14)/t9-/m0/s1. The second-order valence-electron chi connectivity index (χ2n) is 4.41. The molecule has 2 heterocycles. The summed E-state index contributed by atoms with van der Waals surface area (Å²) < 4.78 is 35.4. The second kappa shape index (κ2) is 4.64. The molecule has 0 aromatic rings. The number of urea groups is 1. The highest BCUT2D eigenvalue weighted by Crippen LogP contribution is 2.14. The van der Waals surface area contributed by atoms with Crippen molar-refractivity contribution in [3.63, 3.8) is 0 Å². The van der Waals surface area contributed by atoms with Gasteiger partial charge in [0, 0.05) is 12.6 Å². The maximum absolute atomic E-state index is 13.0. The van der Waals surface area contributed by atoms with Crippen molar-refractivity contribution in [2.45, 2.75) is 18.9 Å². The van der Waals surface area contributed by atoms with Crippen molar-refractivity contribution >= 4 is 15.9 Å². The lowest BCUT2D eigenvalue weighted by Crippen LogP contribution is -2.47. The molecule has 1 atom stereocenters. The number of nitrogens with one attached hydrogen (secondary N) is 1. The van der Waals surface area contributed by atoms with Gasteiger partial charge in [0.25, 0.3) is 0 Å². The number of carbonyl (C=O) groups excluding carboxylic acids is 1. The molecule has 0 aromatic heterocycles. The number of hydrogen-bond donors (Lipinski definition) is 1. The zero-order valence-electron chi connectivity index (χ0n) is 9.36. The van der Waals surface area contributed by atoms with Crippen LogP contribution in [0, 0.1) is 0 Å². The van der Waals surface area contributed by atoms with Crippen LogP contribution in [-0.2, 0) is 9.84 Å². The highest BCUT2D eigenvalue weighted by Gasteiger charge is 2.30. The summed E-state index contributed by atoms with van der Waals surface area (Å²) in [6.07, 6.45) is 2.41. The molecule has 2 aliphatic rings. The van der Waals surface area contributed by atoms with Crippen molar-refractivity contribution in [3.05, 3.63) is 11.9 Å². The molecule has 1 N–H and O–H groups in total. The third-order valence-corrected chi connectivity index (χ3v) is 4.72. The van der Waals surface area contributed by atoms with Gasteiger partial charge in [-0.2, -0.15) is 0 Å². The molecule has 0 aliphatic carbocycles. The first kappa shape index (κ1) is 12.3. The summed E-state index contributed by atoms with van der Waals surface area (Å²) in [4.78, 5) is 13.1. The van der Waals surface area contributed by atoms with Crippen LogP contribution in [0.15, 0.2) is 11.9 Å². The number of sulfone groups is 1. The molecule has 17 heavy (non-hydrogen) atoms. The predicted octanol–water partition coefficient (Wildman–Crippen LogP) is 0.442. The lowest BCUT2D eigenvalue weighted by atomic mass is 10.2. The summed E-state index contributed by atoms with van der Waals surface area (Å²) in [5, 5.41) is 2.64. The van der Waals surface area contributed by atoms with Crippen molar-refractivity contribution in [3.8, 4) is 0 Å². The molecule has 0 aromatic carbocycles. The zero-order valence-corrected chi connectivity index (χ0v) is 10.2. The van der Waals surface area contributed by atoms with Gasteiger partial charge in [-0.25, -0.2) is 17.6 Å². The van der Waals surface area contributed by atoms with Gasteiger partial charge in [-0.1, -0.05) is 0 Å². The summed E-state index contributed by atoms with van der Waals surface area (Å²) in [6, 6.07) is -0.711. The van der Waals surface area contributed by atoms with E-state index in [1.165, 1.54) is 11.0 Å². The number of nitrogens with zero attached hydrogens (tertiary/aromatic N) is 1. The van der Waals surface area contributed by atoms with Gasteiger partial charge in [-0.15, -0.1) is 0 Å². The van der Waals surface area contributed by atoms with E-state index in [0.29, 0.717) is 19.4 Å². The molecule has 96 valence electrons. The first-order chi connectivity index (χ1) is 7.96. The largest absolute Gasteiger partial charge is 0.334 e. The van der Waals surface area contributed by atoms with Gasteiger partial charge in [0.15, 0.2) is 9.84 Å². The van der Waals surface area contributed by atoms with Gasteiger partial charge in [-0.3, -0.25) is 0 Å². The molecular weight excluding hydrogens is 247 g/mol. The van der Waals surface area contributed by atoms with Gasteiger partial charge in [0.05, 0.1) is 18.1 Å². The summed E-state index contributed by atoms with van der Waals surface area (Å²) in [5.41, 5.74) is 0. The van der Waals surface area contributed by atoms with Crippen LogP contribution in [0.2, 0.25) is 0 Å². The van der Waals surface area contributed by atoms with Gasteiger partial charge in [0.2, 0.25) is 0 Å². The molecule has 0 unspecified atom stereocenters. The minimum Gasteiger partial charge on any atom is -0.334 e. The van der Waals surface area contributed by atoms with Crippen molar-refractivity contribution in [1.29, 1.82) is 0 Å². The van der Waals surface area contributed by atoms with Crippen LogP contribution in [0.5, 0.6) is 0 Å². The Bertz CT molecular complexity index is 446. The van der Waals surface area contributed by atoms with Crippen LogP contribution in [0.3, 0.4) is 0 Å². The zero-order chi connectivity index (χ0) is 12.5. The summed E-state index contributed by atoms with van der Waals surface area (Å²) in [5.74, 6) is -0.206. The number of hydrogen-bond acceptors (Lipinski definition) is 3. The molecule has 2 amide bonds. The van der Waals surface area contributed by atoms with E-state index < -0.39 is 9.84 Å². The fourth-order valence-electron chi connectivity index (χ4n) is 2.05. The van der Waals surface area contributed by atoms with E-state index >= 15 is 0 Å². The average molecular weight is 262 g/mol. The Morgan fingerprint density at radius 3 is 2.88 bits per heavy atom. The lowest BCUT2D eigenvalue weighted by Gasteiger charge is -2.26. The van der Waals surface area contributed by atoms with Gasteiger partial charge >= 0.3 is 6.03 Å². The third-order valence-electron chi connectivity index (χ3n) is 2.95. The van der Waals surface area contributed by atoms with Crippen LogP contribution >= 0.6 is 0 Å². The van der Waals surface area contributed by atoms with Crippen LogP contribution in [0.1, 0.15) is 12.8 Å². The highest BCUT2D eigenvalue weighted by atomic mass is 32.2. The van der Waals surface area contributed by atoms with Crippen LogP contribution in [-0.4, -0.2) is 50.0 Å². The molecule has 0 bridgehead atoms. The van der Waals surface area contributed by atoms with Gasteiger partial charge in [-0.05, 0) is 18.9 Å². The molecule has 7 heteroatoms. The van der Waals surface area contributed by atoms with Crippen molar-refractivity contribution in [2.24, 2.45) is 0 Å². The minimum atomic E-state index is -3.00. The van der Waals surface area contributed by atoms with Crippen LogP contribution < -0.4 is 5.32 Å². The Hall–Kier alpha value is -1.11. The Labute approximate surface area is 99.6 Å². The normalized spacial score (nSPS) is 27.7. The van der Waals surface area contributed by atoms with E-state index in [0.717, 1.165) is 0 Å². The molecule has 1 fully saturated rings. The first-order valence-electron chi connectivity index (χ1n) is 5.57. The Morgan fingerprint density at radius 1 is 1.53 bits per heavy atom. The summed E-state index contributed by atoms with van der Waals surface area (Å²) in [7, 11) is -3.00. The van der Waals surface area contributed by atoms with Gasteiger partial charge in [0.1, 0.15) is 5.83 Å². The van der Waals surface area contributed by atoms with Crippen molar-refractivity contribution < 1.29 is 17.6 Å². The van der Waals surface area contributed by atoms with E-state index in [2.05, 4.69) is 5.32 Å². The van der Waals surface area contributed by atoms with E-state index in [-0.39, 0.29) is 36.0 Å². The highest BCUT2D eigenvalue weighted by molar-refractivity contribution is 7.91. The quantitative estimate of drug-likeness (QED) is 0.745. The summed E-state index contributed by atoms with van der Waals surface area (Å²) in [6.45, 7) is 0.448. The first-order valence-corrected chi connectivity index (χ1v) is 7.39. The topological polar surface area (TPSA) is 66.5 Å². The maximum atomic E-state index is 13.0. The van der Waals surface area contributed by atoms with Crippen molar-refractivity contribution in [2.75, 3.05) is 24.6 Å². The Morgan fingerprint density at radius 2 is 2.29 bits per heavy atom. The number of rotatable bonds is 1. The van der Waals surface area contributed by atoms with Crippen molar-refractivity contribution in [1.82, 2.24) is 10.2 Å². The number of carbonyl (C=O) groups is 1. The summed E-state index contributed by atoms with van der Waals surface area (Å²) >= 11 is 0. The minimum absolute atomic E-state index is 0.00903. The Kier molecular flexibility index (Phi) is 3.37. The van der Waals surface area contributed by atoms with Gasteiger partial charge < -0.3 is 10.2 Å². The maximum Gasteiger partial charge on any atom is 0.318 e.